The summed E-state index contributed by atoms with van der Waals surface area (Å²) in [5.41, 5.74) is 10.2. The predicted octanol–water partition coefficient (Wildman–Crippen LogP) is 11.7. The molecule has 5 N–H and O–H groups in total. The summed E-state index contributed by atoms with van der Waals surface area (Å²) in [6.07, 6.45) is 7.10. The topological polar surface area (TPSA) is 82.4 Å². The van der Waals surface area contributed by atoms with Crippen molar-refractivity contribution in [2.45, 2.75) is 155 Å². The van der Waals surface area contributed by atoms with Crippen LogP contribution < -0.4 is 21.7 Å². The van der Waals surface area contributed by atoms with Crippen molar-refractivity contribution < 1.29 is 4.79 Å². The van der Waals surface area contributed by atoms with E-state index in [4.69, 9.17) is 5.73 Å². The highest BCUT2D eigenvalue weighted by atomic mass is 16.2. The maximum Gasteiger partial charge on any atom is 0.224 e. The first-order valence-electron chi connectivity index (χ1n) is 21.2. The Bertz CT molecular complexity index is 1180. The van der Waals surface area contributed by atoms with Crippen molar-refractivity contribution in [2.75, 3.05) is 27.2 Å². The smallest absolute Gasteiger partial charge is 0.224 e. The highest BCUT2D eigenvalue weighted by Gasteiger charge is 2.59. The second kappa shape index (κ2) is 24.1. The van der Waals surface area contributed by atoms with Crippen LogP contribution in [0.25, 0.3) is 0 Å². The van der Waals surface area contributed by atoms with Gasteiger partial charge in [0.15, 0.2) is 0 Å². The van der Waals surface area contributed by atoms with Crippen LogP contribution in [0.2, 0.25) is 0 Å². The zero-order valence-electron chi connectivity index (χ0n) is 39.2. The molecule has 0 bridgehead atoms. The molecule has 6 nitrogen and oxygen atoms in total. The Labute approximate surface area is 337 Å². The molecule has 0 saturated heterocycles. The molecule has 0 heterocycles. The summed E-state index contributed by atoms with van der Waals surface area (Å²) in [6.45, 7) is 56.6. The van der Waals surface area contributed by atoms with Crippen LogP contribution in [0.4, 0.5) is 0 Å². The number of nitrogens with zero attached hydrogens (tertiary/aromatic N) is 1. The number of nitrogens with one attached hydrogen (secondary N) is 3. The van der Waals surface area contributed by atoms with Crippen molar-refractivity contribution >= 4 is 5.91 Å². The zero-order chi connectivity index (χ0) is 42.9. The number of amides is 1. The molecule has 6 heteroatoms. The minimum atomic E-state index is -0.0629. The SMILES string of the molecule is C=C(N)C(=C)C(CC)CC1CCC1.C=C(NC)C(C)C.C=C(NCC(C)C(C)(C)C)NC(CC(=O)N(C)C[C@H]1[C@@H](C(C)C(=C)C)C1(C)C)C(C)(C)C.CC. The van der Waals surface area contributed by atoms with Crippen molar-refractivity contribution in [1.29, 1.82) is 0 Å². The number of nitrogens with two attached hydrogens (primary N) is 1. The maximum absolute atomic E-state index is 13.2. The lowest BCUT2D eigenvalue weighted by molar-refractivity contribution is -0.131. The lowest BCUT2D eigenvalue weighted by Gasteiger charge is -2.35. The summed E-state index contributed by atoms with van der Waals surface area (Å²) in [6, 6.07) is 0.0137. The Kier molecular flexibility index (Phi) is 23.9. The van der Waals surface area contributed by atoms with Gasteiger partial charge in [-0.05, 0) is 83.0 Å². The molecule has 2 saturated carbocycles. The summed E-state index contributed by atoms with van der Waals surface area (Å²) < 4.78 is 0. The van der Waals surface area contributed by atoms with Crippen molar-refractivity contribution in [3.8, 4) is 0 Å². The maximum atomic E-state index is 13.2. The van der Waals surface area contributed by atoms with E-state index in [2.05, 4.69) is 146 Å². The second-order valence-electron chi connectivity index (χ2n) is 19.4. The van der Waals surface area contributed by atoms with E-state index in [1.807, 2.05) is 32.8 Å². The minimum absolute atomic E-state index is 0.0137. The first kappa shape index (κ1) is 53.5. The lowest BCUT2D eigenvalue weighted by Crippen LogP contribution is -2.47. The molecule has 6 atom stereocenters. The quantitative estimate of drug-likeness (QED) is 0.0827. The number of rotatable bonds is 18. The van der Waals surface area contributed by atoms with E-state index in [9.17, 15) is 4.79 Å². The van der Waals surface area contributed by atoms with E-state index in [1.54, 1.807) is 0 Å². The number of allylic oxidation sites excluding steroid dienone is 3. The van der Waals surface area contributed by atoms with Gasteiger partial charge in [-0.25, -0.2) is 0 Å². The summed E-state index contributed by atoms with van der Waals surface area (Å²) in [5, 5.41) is 9.92. The molecule has 0 aromatic carbocycles. The average Bonchev–Trinajstić information content (AvgIpc) is 3.60. The third kappa shape index (κ3) is 18.8. The van der Waals surface area contributed by atoms with Crippen molar-refractivity contribution in [3.05, 3.63) is 61.3 Å². The average molecular weight is 756 g/mol. The third-order valence-corrected chi connectivity index (χ3v) is 12.5. The lowest BCUT2D eigenvalue weighted by atomic mass is 9.76. The molecule has 1 amide bonds. The van der Waals surface area contributed by atoms with Gasteiger partial charge in [0.1, 0.15) is 0 Å². The highest BCUT2D eigenvalue weighted by molar-refractivity contribution is 5.76. The van der Waals surface area contributed by atoms with Gasteiger partial charge < -0.3 is 26.6 Å². The van der Waals surface area contributed by atoms with Crippen molar-refractivity contribution in [2.24, 2.45) is 63.4 Å². The van der Waals surface area contributed by atoms with Gasteiger partial charge in [0.2, 0.25) is 5.91 Å². The summed E-state index contributed by atoms with van der Waals surface area (Å²) in [7, 11) is 3.85. The Morgan fingerprint density at radius 2 is 1.46 bits per heavy atom. The summed E-state index contributed by atoms with van der Waals surface area (Å²) in [5.74, 6) is 5.19. The molecule has 0 aromatic heterocycles. The zero-order valence-corrected chi connectivity index (χ0v) is 39.2. The van der Waals surface area contributed by atoms with Crippen molar-refractivity contribution in [3.63, 3.8) is 0 Å². The molecule has 4 unspecified atom stereocenters. The van der Waals surface area contributed by atoms with E-state index in [1.165, 1.54) is 31.3 Å². The van der Waals surface area contributed by atoms with Gasteiger partial charge in [-0.3, -0.25) is 4.79 Å². The van der Waals surface area contributed by atoms with Crippen LogP contribution in [0, 0.1) is 57.7 Å². The number of carbonyl (C=O) groups is 1. The minimum Gasteiger partial charge on any atom is -0.399 e. The monoisotopic (exact) mass is 756 g/mol. The standard InChI is InChI=1S/C28H53N3O.C12H21N.C6H13N.C2H6/c1-18(2)20(4)25-22(28(25,12)13)17-31(14)24(32)15-23(27(9,10)11)30-21(5)29-16-19(3)26(6,7)8;1-4-12(9(2)10(3)13)8-11-6-5-7-11;1-5(2)6(3)7-4;1-2/h19-20,22-23,25,29-30H,1,5,15-17H2,2-4,6-14H3;11-12H,2-8,13H2,1H3;5,7H,3H2,1-2,4H3;1-2H3/t19?,20?,22-,23?,25+;;;/m0.../s1. The van der Waals surface area contributed by atoms with Gasteiger partial charge in [-0.15, -0.1) is 0 Å². The molecule has 2 aliphatic rings. The fourth-order valence-corrected chi connectivity index (χ4v) is 6.82. The molecule has 0 radical (unpaired) electrons. The molecular weight excluding hydrogens is 663 g/mol. The van der Waals surface area contributed by atoms with Crippen LogP contribution in [0.15, 0.2) is 61.3 Å². The number of carbonyl (C=O) groups excluding carboxylic acids is 1. The van der Waals surface area contributed by atoms with E-state index in [0.29, 0.717) is 47.6 Å². The van der Waals surface area contributed by atoms with Gasteiger partial charge >= 0.3 is 0 Å². The Hall–Kier alpha value is -2.63. The molecule has 0 spiro atoms. The van der Waals surface area contributed by atoms with Crippen LogP contribution in [0.5, 0.6) is 0 Å². The van der Waals surface area contributed by atoms with Gasteiger partial charge in [0.25, 0.3) is 0 Å². The summed E-state index contributed by atoms with van der Waals surface area (Å²) >= 11 is 0. The van der Waals surface area contributed by atoms with Crippen LogP contribution in [-0.2, 0) is 4.79 Å². The van der Waals surface area contributed by atoms with E-state index in [0.717, 1.165) is 42.5 Å². The molecule has 0 aromatic rings. The van der Waals surface area contributed by atoms with Crippen LogP contribution in [0.1, 0.15) is 149 Å². The Balaban J connectivity index is 0. The van der Waals surface area contributed by atoms with Crippen LogP contribution >= 0.6 is 0 Å². The third-order valence-electron chi connectivity index (χ3n) is 12.5. The van der Waals surface area contributed by atoms with Gasteiger partial charge in [-0.2, -0.15) is 0 Å². The van der Waals surface area contributed by atoms with E-state index in [-0.39, 0.29) is 28.2 Å². The first-order chi connectivity index (χ1) is 24.6. The molecular formula is C48H93N5O. The van der Waals surface area contributed by atoms with Gasteiger partial charge in [-0.1, -0.05) is 162 Å². The van der Waals surface area contributed by atoms with Crippen LogP contribution in [0.3, 0.4) is 0 Å². The summed E-state index contributed by atoms with van der Waals surface area (Å²) in [4.78, 5) is 15.1. The second-order valence-corrected chi connectivity index (χ2v) is 19.4. The molecule has 0 aliphatic heterocycles. The largest absolute Gasteiger partial charge is 0.399 e. The number of hydrogen-bond donors (Lipinski definition) is 4. The molecule has 2 rings (SSSR count). The fraction of sp³-hybridized carbons (Fsp3) is 0.771. The van der Waals surface area contributed by atoms with Crippen molar-refractivity contribution in [1.82, 2.24) is 20.9 Å². The van der Waals surface area contributed by atoms with Crippen LogP contribution in [-0.4, -0.2) is 44.0 Å². The van der Waals surface area contributed by atoms with E-state index < -0.39 is 0 Å². The molecule has 316 valence electrons. The predicted molar refractivity (Wildman–Crippen MR) is 242 cm³/mol. The molecule has 2 aliphatic carbocycles. The van der Waals surface area contributed by atoms with Gasteiger partial charge in [0, 0.05) is 51.0 Å². The highest BCUT2D eigenvalue weighted by Crippen LogP contribution is 2.62. The number of hydrogen-bond acceptors (Lipinski definition) is 5. The first-order valence-corrected chi connectivity index (χ1v) is 21.2. The molecule has 2 fully saturated rings. The molecule has 54 heavy (non-hydrogen) atoms. The Morgan fingerprint density at radius 1 is 0.944 bits per heavy atom. The van der Waals surface area contributed by atoms with E-state index >= 15 is 0 Å². The van der Waals surface area contributed by atoms with Gasteiger partial charge in [0.05, 0.1) is 5.82 Å². The fourth-order valence-electron chi connectivity index (χ4n) is 6.82. The normalized spacial score (nSPS) is 19.5. The Morgan fingerprint density at radius 3 is 1.80 bits per heavy atom.